The summed E-state index contributed by atoms with van der Waals surface area (Å²) in [7, 11) is 1.90. The van der Waals surface area contributed by atoms with Crippen LogP contribution in [0.5, 0.6) is 0 Å². The Kier molecular flexibility index (Phi) is 6.05. The third-order valence-electron chi connectivity index (χ3n) is 3.57. The Morgan fingerprint density at radius 2 is 1.95 bits per heavy atom. The molecule has 1 unspecified atom stereocenters. The van der Waals surface area contributed by atoms with Gasteiger partial charge in [-0.1, -0.05) is 25.5 Å². The minimum atomic E-state index is 0.0952. The average Bonchev–Trinajstić information content (AvgIpc) is 2.38. The van der Waals surface area contributed by atoms with Crippen molar-refractivity contribution < 1.29 is 4.79 Å². The van der Waals surface area contributed by atoms with E-state index in [1.165, 1.54) is 0 Å². The Bertz CT molecular complexity index is 454. The Hall–Kier alpha value is -1.51. The first-order valence-electron chi connectivity index (χ1n) is 7.48. The van der Waals surface area contributed by atoms with Crippen molar-refractivity contribution in [2.75, 3.05) is 18.9 Å². The number of carbonyl (C=O) groups is 1. The number of amides is 1. The maximum atomic E-state index is 12.7. The molecule has 1 N–H and O–H groups in total. The third-order valence-corrected chi connectivity index (χ3v) is 3.57. The zero-order valence-electron chi connectivity index (χ0n) is 13.7. The largest absolute Gasteiger partial charge is 0.385 e. The number of aryl methyl sites for hydroxylation is 1. The van der Waals surface area contributed by atoms with Crippen LogP contribution < -0.4 is 5.32 Å². The smallest absolute Gasteiger partial charge is 0.255 e. The second-order valence-corrected chi connectivity index (χ2v) is 5.97. The van der Waals surface area contributed by atoms with Gasteiger partial charge < -0.3 is 10.2 Å². The van der Waals surface area contributed by atoms with Crippen LogP contribution in [0.1, 0.15) is 50.0 Å². The van der Waals surface area contributed by atoms with E-state index in [4.69, 9.17) is 0 Å². The van der Waals surface area contributed by atoms with Gasteiger partial charge in [0.25, 0.3) is 5.91 Å². The van der Waals surface area contributed by atoms with E-state index in [-0.39, 0.29) is 11.9 Å². The van der Waals surface area contributed by atoms with E-state index in [2.05, 4.69) is 26.1 Å². The number of anilines is 1. The topological polar surface area (TPSA) is 32.3 Å². The van der Waals surface area contributed by atoms with Gasteiger partial charge >= 0.3 is 0 Å². The Morgan fingerprint density at radius 1 is 1.30 bits per heavy atom. The van der Waals surface area contributed by atoms with Gasteiger partial charge in [-0.2, -0.15) is 0 Å². The minimum Gasteiger partial charge on any atom is -0.385 e. The monoisotopic (exact) mass is 276 g/mol. The van der Waals surface area contributed by atoms with Crippen LogP contribution in [0.4, 0.5) is 5.69 Å². The molecule has 0 aliphatic rings. The molecule has 3 heteroatoms. The van der Waals surface area contributed by atoms with Crippen molar-refractivity contribution in [1.29, 1.82) is 0 Å². The first-order chi connectivity index (χ1) is 9.36. The molecule has 0 aliphatic carbocycles. The van der Waals surface area contributed by atoms with Gasteiger partial charge in [-0.3, -0.25) is 4.79 Å². The molecule has 0 saturated heterocycles. The lowest BCUT2D eigenvalue weighted by molar-refractivity contribution is 0.0729. The summed E-state index contributed by atoms with van der Waals surface area (Å²) in [6.45, 7) is 11.4. The third kappa shape index (κ3) is 4.26. The number of hydrogen-bond acceptors (Lipinski definition) is 2. The molecule has 3 nitrogen and oxygen atoms in total. The summed E-state index contributed by atoms with van der Waals surface area (Å²) in [6.07, 6.45) is 1.02. The Balaban J connectivity index is 2.98. The predicted octanol–water partition coefficient (Wildman–Crippen LogP) is 3.93. The highest BCUT2D eigenvalue weighted by molar-refractivity contribution is 5.99. The zero-order valence-corrected chi connectivity index (χ0v) is 13.7. The maximum Gasteiger partial charge on any atom is 0.255 e. The summed E-state index contributed by atoms with van der Waals surface area (Å²) in [5.74, 6) is 0.684. The van der Waals surface area contributed by atoms with E-state index in [0.717, 1.165) is 29.8 Å². The Labute approximate surface area is 123 Å². The fourth-order valence-electron chi connectivity index (χ4n) is 2.41. The van der Waals surface area contributed by atoms with Crippen LogP contribution in [0.15, 0.2) is 18.2 Å². The van der Waals surface area contributed by atoms with Gasteiger partial charge in [-0.25, -0.2) is 0 Å². The molecule has 0 bridgehead atoms. The quantitative estimate of drug-likeness (QED) is 0.853. The lowest BCUT2D eigenvalue weighted by Gasteiger charge is -2.27. The molecule has 1 rings (SSSR count). The maximum absolute atomic E-state index is 12.7. The van der Waals surface area contributed by atoms with Crippen molar-refractivity contribution in [3.05, 3.63) is 29.3 Å². The van der Waals surface area contributed by atoms with Crippen LogP contribution in [-0.2, 0) is 0 Å². The van der Waals surface area contributed by atoms with Crippen LogP contribution in [0.3, 0.4) is 0 Å². The molecule has 1 atom stereocenters. The highest BCUT2D eigenvalue weighted by atomic mass is 16.2. The van der Waals surface area contributed by atoms with Gasteiger partial charge in [0.1, 0.15) is 0 Å². The highest BCUT2D eigenvalue weighted by Gasteiger charge is 2.20. The molecule has 0 aromatic heterocycles. The van der Waals surface area contributed by atoms with E-state index in [0.29, 0.717) is 5.92 Å². The van der Waals surface area contributed by atoms with E-state index < -0.39 is 0 Å². The van der Waals surface area contributed by atoms with Crippen molar-refractivity contribution in [3.63, 3.8) is 0 Å². The molecule has 1 amide bonds. The van der Waals surface area contributed by atoms with E-state index in [1.54, 1.807) is 0 Å². The first-order valence-corrected chi connectivity index (χ1v) is 7.48. The molecule has 0 spiro atoms. The first kappa shape index (κ1) is 16.5. The fraction of sp³-hybridized carbons (Fsp3) is 0.588. The molecule has 0 saturated carbocycles. The SMILES string of the molecule is CCNc1ccc(C)cc1C(=O)N(C)C(C)CC(C)C. The normalized spacial score (nSPS) is 12.3. The molecule has 1 aromatic rings. The van der Waals surface area contributed by atoms with Gasteiger partial charge in [0, 0.05) is 25.3 Å². The molecule has 0 aliphatic heterocycles. The number of carbonyl (C=O) groups excluding carboxylic acids is 1. The number of benzene rings is 1. The fourth-order valence-corrected chi connectivity index (χ4v) is 2.41. The number of hydrogen-bond donors (Lipinski definition) is 1. The molecular weight excluding hydrogens is 248 g/mol. The molecular formula is C17H28N2O. The second kappa shape index (κ2) is 7.32. The summed E-state index contributed by atoms with van der Waals surface area (Å²) < 4.78 is 0. The van der Waals surface area contributed by atoms with E-state index >= 15 is 0 Å². The molecule has 1 aromatic carbocycles. The number of rotatable bonds is 6. The highest BCUT2D eigenvalue weighted by Crippen LogP contribution is 2.21. The zero-order chi connectivity index (χ0) is 15.3. The summed E-state index contributed by atoms with van der Waals surface area (Å²) in [5.41, 5.74) is 2.80. The van der Waals surface area contributed by atoms with Crippen molar-refractivity contribution >= 4 is 11.6 Å². The van der Waals surface area contributed by atoms with E-state index in [1.807, 2.05) is 44.0 Å². The van der Waals surface area contributed by atoms with Crippen molar-refractivity contribution in [3.8, 4) is 0 Å². The number of nitrogens with one attached hydrogen (secondary N) is 1. The number of nitrogens with zero attached hydrogens (tertiary/aromatic N) is 1. The Morgan fingerprint density at radius 3 is 2.50 bits per heavy atom. The summed E-state index contributed by atoms with van der Waals surface area (Å²) in [5, 5.41) is 3.27. The van der Waals surface area contributed by atoms with Crippen LogP contribution in [0.2, 0.25) is 0 Å². The lowest BCUT2D eigenvalue weighted by atomic mass is 10.0. The van der Waals surface area contributed by atoms with Crippen LogP contribution in [0.25, 0.3) is 0 Å². The minimum absolute atomic E-state index is 0.0952. The van der Waals surface area contributed by atoms with Crippen LogP contribution >= 0.6 is 0 Å². The van der Waals surface area contributed by atoms with Gasteiger partial charge in [0.2, 0.25) is 0 Å². The molecule has 112 valence electrons. The summed E-state index contributed by atoms with van der Waals surface area (Å²) >= 11 is 0. The standard InChI is InChI=1S/C17H28N2O/c1-7-18-16-9-8-13(4)11-15(16)17(20)19(6)14(5)10-12(2)3/h8-9,11-12,14,18H,7,10H2,1-6H3. The van der Waals surface area contributed by atoms with Gasteiger partial charge in [0.05, 0.1) is 5.56 Å². The van der Waals surface area contributed by atoms with Crippen molar-refractivity contribution in [2.24, 2.45) is 5.92 Å². The summed E-state index contributed by atoms with van der Waals surface area (Å²) in [6, 6.07) is 6.25. The predicted molar refractivity (Wildman–Crippen MR) is 86.4 cm³/mol. The second-order valence-electron chi connectivity index (χ2n) is 5.97. The molecule has 0 fully saturated rings. The van der Waals surface area contributed by atoms with Crippen LogP contribution in [0, 0.1) is 12.8 Å². The summed E-state index contributed by atoms with van der Waals surface area (Å²) in [4.78, 5) is 14.6. The van der Waals surface area contributed by atoms with Crippen molar-refractivity contribution in [2.45, 2.75) is 47.1 Å². The lowest BCUT2D eigenvalue weighted by Crippen LogP contribution is -2.36. The van der Waals surface area contributed by atoms with E-state index in [9.17, 15) is 4.79 Å². The molecule has 20 heavy (non-hydrogen) atoms. The van der Waals surface area contributed by atoms with Crippen LogP contribution in [-0.4, -0.2) is 30.4 Å². The van der Waals surface area contributed by atoms with Gasteiger partial charge in [0.15, 0.2) is 0 Å². The van der Waals surface area contributed by atoms with Gasteiger partial charge in [-0.15, -0.1) is 0 Å². The molecule has 0 radical (unpaired) electrons. The van der Waals surface area contributed by atoms with Crippen molar-refractivity contribution in [1.82, 2.24) is 4.90 Å². The van der Waals surface area contributed by atoms with Gasteiger partial charge in [-0.05, 0) is 45.2 Å². The molecule has 0 heterocycles. The average molecular weight is 276 g/mol.